The van der Waals surface area contributed by atoms with Crippen LogP contribution in [-0.4, -0.2) is 40.1 Å². The SMILES string of the molecule is C#C[C@@]1(CO)C=C[C@H](N2C=C(C)C(=O)CC2=O)O1.FF.FF.FF.FF.FF.FF.FF.FF.FF.FF. The molecule has 0 radical (unpaired) electrons. The van der Waals surface area contributed by atoms with Crippen molar-refractivity contribution in [1.29, 1.82) is 0 Å². The fourth-order valence-corrected chi connectivity index (χ4v) is 1.84. The van der Waals surface area contributed by atoms with Gasteiger partial charge >= 0.3 is 0 Å². The van der Waals surface area contributed by atoms with Crippen molar-refractivity contribution >= 4 is 11.7 Å². The van der Waals surface area contributed by atoms with Crippen LogP contribution in [-0.2, 0) is 14.3 Å². The standard InChI is InChI=1S/C13H13NO4.10F2/c1-3-13(8-15)5-4-12(18-13)14-7-9(2)10(16)6-11(14)17;10*1-2/h1,4-5,7,12,15H,6,8H2,2H3;;;;;;;;;;/t12-,13+;;;;;;;;;;/m1........../s1. The maximum atomic E-state index is 11.8. The zero-order valence-corrected chi connectivity index (χ0v) is 17.5. The molecule has 0 aromatic rings. The van der Waals surface area contributed by atoms with Gasteiger partial charge in [0.25, 0.3) is 0 Å². The van der Waals surface area contributed by atoms with Crippen LogP contribution >= 0.6 is 0 Å². The minimum absolute atomic E-state index is 0.168. The second-order valence-corrected chi connectivity index (χ2v) is 4.27. The summed E-state index contributed by atoms with van der Waals surface area (Å²) in [7, 11) is 0. The molecule has 38 heavy (non-hydrogen) atoms. The molecule has 1 N–H and O–H groups in total. The van der Waals surface area contributed by atoms with Crippen LogP contribution in [0, 0.1) is 12.3 Å². The van der Waals surface area contributed by atoms with Crippen LogP contribution < -0.4 is 0 Å². The third kappa shape index (κ3) is 28.9. The Hall–Kier alpha value is -3.30. The van der Waals surface area contributed by atoms with Crippen LogP contribution in [0.15, 0.2) is 23.9 Å². The Morgan fingerprint density at radius 2 is 1.18 bits per heavy atom. The van der Waals surface area contributed by atoms with E-state index in [1.54, 1.807) is 19.1 Å². The van der Waals surface area contributed by atoms with E-state index in [-0.39, 0.29) is 24.7 Å². The molecule has 0 saturated carbocycles. The average Bonchev–Trinajstić information content (AvgIpc) is 3.50. The van der Waals surface area contributed by atoms with E-state index in [0.29, 0.717) is 5.57 Å². The van der Waals surface area contributed by atoms with Crippen molar-refractivity contribution in [3.8, 4) is 12.3 Å². The summed E-state index contributed by atoms with van der Waals surface area (Å²) >= 11 is 0. The summed E-state index contributed by atoms with van der Waals surface area (Å²) in [5.41, 5.74) is -0.692. The molecule has 1 amide bonds. The number of rotatable bonds is 2. The molecule has 2 atom stereocenters. The lowest BCUT2D eigenvalue weighted by Crippen LogP contribution is -2.43. The minimum Gasteiger partial charge on any atom is -0.392 e. The third-order valence-corrected chi connectivity index (χ3v) is 2.99. The number of Topliss-reactive ketones (excluding diaryl/α,β-unsaturated/α-hetero) is 1. The highest BCUT2D eigenvalue weighted by Crippen LogP contribution is 2.27. The molecule has 0 fully saturated rings. The van der Waals surface area contributed by atoms with Crippen LogP contribution in [0.5, 0.6) is 0 Å². The molecule has 0 bridgehead atoms. The number of ketones is 1. The smallest absolute Gasteiger partial charge is 0.236 e. The van der Waals surface area contributed by atoms with Crippen molar-refractivity contribution in [3.63, 3.8) is 0 Å². The van der Waals surface area contributed by atoms with Crippen molar-refractivity contribution in [3.05, 3.63) is 23.9 Å². The third-order valence-electron chi connectivity index (χ3n) is 2.99. The number of amides is 1. The maximum absolute atomic E-state index is 11.8. The lowest BCUT2D eigenvalue weighted by Gasteiger charge is -2.30. The number of hydrogen-bond donors (Lipinski definition) is 1. The van der Waals surface area contributed by atoms with Gasteiger partial charge in [-0.05, 0) is 19.1 Å². The summed E-state index contributed by atoms with van der Waals surface area (Å²) < 4.78 is 165. The molecule has 2 rings (SSSR count). The van der Waals surface area contributed by atoms with E-state index < -0.39 is 11.8 Å². The lowest BCUT2D eigenvalue weighted by atomic mass is 10.1. The molecule has 0 saturated heterocycles. The van der Waals surface area contributed by atoms with Gasteiger partial charge in [-0.3, -0.25) is 14.5 Å². The molecule has 234 valence electrons. The molecule has 0 unspecified atom stereocenters. The molecule has 0 aromatic heterocycles. The number of hydrogen-bond acceptors (Lipinski definition) is 4. The second kappa shape index (κ2) is 59.1. The largest absolute Gasteiger partial charge is 0.392 e. The Bertz CT molecular complexity index is 538. The van der Waals surface area contributed by atoms with Gasteiger partial charge in [-0.25, -0.2) is 0 Å². The van der Waals surface area contributed by atoms with E-state index in [2.05, 4.69) is 5.92 Å². The summed E-state index contributed by atoms with van der Waals surface area (Å²) in [4.78, 5) is 24.4. The number of ether oxygens (including phenoxy) is 1. The van der Waals surface area contributed by atoms with Crippen LogP contribution in [0.4, 0.5) is 91.5 Å². The molecule has 0 aromatic carbocycles. The lowest BCUT2D eigenvalue weighted by molar-refractivity contribution is -0.145. The first kappa shape index (κ1) is 59.7. The first-order valence-electron chi connectivity index (χ1n) is 6.93. The fraction of sp³-hybridized carbons (Fsp3) is 0.385. The Kier molecular flexibility index (Phi) is 92.7. The minimum atomic E-state index is -1.19. The van der Waals surface area contributed by atoms with Crippen LogP contribution in [0.3, 0.4) is 0 Å². The van der Waals surface area contributed by atoms with Gasteiger partial charge in [0, 0.05) is 103 Å². The van der Waals surface area contributed by atoms with Gasteiger partial charge in [-0.15, -0.1) is 6.42 Å². The van der Waals surface area contributed by atoms with E-state index in [0.717, 1.165) is 0 Å². The van der Waals surface area contributed by atoms with Gasteiger partial charge in [0.2, 0.25) is 5.91 Å². The first-order valence-corrected chi connectivity index (χ1v) is 6.93. The molecule has 2 aliphatic rings. The number of aliphatic hydroxyl groups is 1. The Morgan fingerprint density at radius 1 is 0.842 bits per heavy atom. The molecule has 25 heteroatoms. The summed E-state index contributed by atoms with van der Waals surface area (Å²) in [6.07, 6.45) is 9.05. The molecule has 0 spiro atoms. The topological polar surface area (TPSA) is 66.8 Å². The predicted octanol–water partition coefficient (Wildman–Crippen LogP) is 8.37. The zero-order valence-electron chi connectivity index (χ0n) is 17.5. The van der Waals surface area contributed by atoms with E-state index in [4.69, 9.17) is 103 Å². The van der Waals surface area contributed by atoms with Crippen molar-refractivity contribution in [2.75, 3.05) is 6.61 Å². The van der Waals surface area contributed by atoms with Gasteiger partial charge in [-0.2, -0.15) is 0 Å². The van der Waals surface area contributed by atoms with E-state index in [9.17, 15) is 14.7 Å². The average molecular weight is 627 g/mol. The van der Waals surface area contributed by atoms with E-state index in [1.165, 1.54) is 11.1 Å². The Balaban J connectivity index is -0.0000000509. The fourth-order valence-electron chi connectivity index (χ4n) is 1.84. The number of halogens is 20. The van der Waals surface area contributed by atoms with Gasteiger partial charge in [0.05, 0.1) is 13.0 Å². The molecular formula is C13H13F20NO4. The molecule has 0 aliphatic carbocycles. The number of nitrogens with zero attached hydrogens (tertiary/aromatic N) is 1. The summed E-state index contributed by atoms with van der Waals surface area (Å²) in [6, 6.07) is 0. The maximum Gasteiger partial charge on any atom is 0.236 e. The second-order valence-electron chi connectivity index (χ2n) is 4.27. The number of carbonyl (C=O) groups excluding carboxylic acids is 2. The van der Waals surface area contributed by atoms with Crippen LogP contribution in [0.2, 0.25) is 0 Å². The van der Waals surface area contributed by atoms with Gasteiger partial charge in [0.15, 0.2) is 17.6 Å². The summed E-state index contributed by atoms with van der Waals surface area (Å²) in [6.45, 7) is 1.28. The van der Waals surface area contributed by atoms with E-state index in [1.807, 2.05) is 0 Å². The Morgan fingerprint density at radius 3 is 1.45 bits per heavy atom. The molecule has 5 nitrogen and oxygen atoms in total. The van der Waals surface area contributed by atoms with E-state index >= 15 is 0 Å². The highest BCUT2D eigenvalue weighted by atomic mass is 20.0. The Labute approximate surface area is 197 Å². The first-order chi connectivity index (χ1) is 18.5. The number of terminal acetylenes is 1. The predicted molar refractivity (Wildman–Crippen MR) is 85.0 cm³/mol. The molecule has 2 heterocycles. The summed E-state index contributed by atoms with van der Waals surface area (Å²) in [5, 5.41) is 9.20. The van der Waals surface area contributed by atoms with Crippen molar-refractivity contribution in [2.24, 2.45) is 0 Å². The van der Waals surface area contributed by atoms with Crippen LogP contribution in [0.1, 0.15) is 13.3 Å². The van der Waals surface area contributed by atoms with Crippen LogP contribution in [0.25, 0.3) is 0 Å². The zero-order chi connectivity index (χ0) is 33.3. The summed E-state index contributed by atoms with van der Waals surface area (Å²) in [5.74, 6) is 1.81. The van der Waals surface area contributed by atoms with Gasteiger partial charge in [-0.1, -0.05) is 5.92 Å². The van der Waals surface area contributed by atoms with Crippen molar-refractivity contribution in [2.45, 2.75) is 25.2 Å². The quantitative estimate of drug-likeness (QED) is 0.145. The normalized spacial score (nSPS) is 16.5. The molecule has 2 aliphatic heterocycles. The number of carbonyl (C=O) groups is 2. The van der Waals surface area contributed by atoms with Gasteiger partial charge < -0.3 is 9.84 Å². The highest BCUT2D eigenvalue weighted by molar-refractivity contribution is 6.09. The van der Waals surface area contributed by atoms with Crippen molar-refractivity contribution in [1.82, 2.24) is 4.90 Å². The monoisotopic (exact) mass is 627 g/mol. The number of aliphatic hydroxyl groups excluding tert-OH is 1. The highest BCUT2D eigenvalue weighted by Gasteiger charge is 2.38. The van der Waals surface area contributed by atoms with Crippen molar-refractivity contribution < 1.29 is 111 Å². The van der Waals surface area contributed by atoms with Gasteiger partial charge in [0.1, 0.15) is 0 Å². The number of allylic oxidation sites excluding steroid dienone is 1. The molecular weight excluding hydrogens is 614 g/mol.